The second kappa shape index (κ2) is 6.46. The Morgan fingerprint density at radius 1 is 1.41 bits per heavy atom. The molecule has 0 heterocycles. The zero-order valence-corrected chi connectivity index (χ0v) is 13.6. The van der Waals surface area contributed by atoms with E-state index in [1.54, 1.807) is 0 Å². The van der Waals surface area contributed by atoms with E-state index in [1.807, 2.05) is 30.0 Å². The minimum Gasteiger partial charge on any atom is -0.327 e. The number of halogens is 2. The maximum absolute atomic E-state index is 6.17. The van der Waals surface area contributed by atoms with Crippen LogP contribution in [0.3, 0.4) is 0 Å². The van der Waals surface area contributed by atoms with Gasteiger partial charge in [-0.25, -0.2) is 0 Å². The summed E-state index contributed by atoms with van der Waals surface area (Å²) in [6.45, 7) is 6.62. The van der Waals surface area contributed by atoms with Crippen LogP contribution in [-0.4, -0.2) is 16.5 Å². The first-order valence-corrected chi connectivity index (χ1v) is 7.77. The van der Waals surface area contributed by atoms with Crippen molar-refractivity contribution in [2.75, 3.05) is 5.75 Å². The van der Waals surface area contributed by atoms with Crippen molar-refractivity contribution >= 4 is 39.3 Å². The monoisotopic (exact) mass is 335 g/mol. The summed E-state index contributed by atoms with van der Waals surface area (Å²) in [5, 5.41) is 0.788. The van der Waals surface area contributed by atoms with Crippen LogP contribution in [0, 0.1) is 0 Å². The SMILES string of the molecule is CC(C)(C)SCC(N)Cc1ccc(Br)cc1Cl. The number of rotatable bonds is 4. The molecule has 0 aromatic heterocycles. The summed E-state index contributed by atoms with van der Waals surface area (Å²) in [5.74, 6) is 0.954. The Morgan fingerprint density at radius 2 is 2.06 bits per heavy atom. The number of hydrogen-bond acceptors (Lipinski definition) is 2. The zero-order valence-electron chi connectivity index (χ0n) is 10.5. The van der Waals surface area contributed by atoms with E-state index >= 15 is 0 Å². The molecule has 1 atom stereocenters. The van der Waals surface area contributed by atoms with Crippen molar-refractivity contribution in [1.29, 1.82) is 0 Å². The van der Waals surface area contributed by atoms with Crippen LogP contribution in [0.4, 0.5) is 0 Å². The fourth-order valence-corrected chi connectivity index (χ4v) is 2.97. The maximum Gasteiger partial charge on any atom is 0.0449 e. The third-order valence-electron chi connectivity index (χ3n) is 2.23. The van der Waals surface area contributed by atoms with Crippen LogP contribution in [0.25, 0.3) is 0 Å². The molecular weight excluding hydrogens is 318 g/mol. The lowest BCUT2D eigenvalue weighted by molar-refractivity contribution is 0.734. The van der Waals surface area contributed by atoms with Crippen molar-refractivity contribution in [3.05, 3.63) is 33.3 Å². The van der Waals surface area contributed by atoms with Crippen LogP contribution < -0.4 is 5.73 Å². The smallest absolute Gasteiger partial charge is 0.0449 e. The third-order valence-corrected chi connectivity index (χ3v) is 4.53. The van der Waals surface area contributed by atoms with Crippen LogP contribution in [-0.2, 0) is 6.42 Å². The van der Waals surface area contributed by atoms with Gasteiger partial charge in [-0.2, -0.15) is 11.8 Å². The van der Waals surface area contributed by atoms with Crippen molar-refractivity contribution in [2.24, 2.45) is 5.73 Å². The quantitative estimate of drug-likeness (QED) is 0.876. The molecule has 0 saturated heterocycles. The highest BCUT2D eigenvalue weighted by Crippen LogP contribution is 2.26. The van der Waals surface area contributed by atoms with Gasteiger partial charge in [0.05, 0.1) is 0 Å². The van der Waals surface area contributed by atoms with E-state index in [-0.39, 0.29) is 10.8 Å². The molecule has 4 heteroatoms. The molecule has 96 valence electrons. The van der Waals surface area contributed by atoms with E-state index in [1.165, 1.54) is 0 Å². The predicted octanol–water partition coefficient (Wildman–Crippen LogP) is 4.50. The van der Waals surface area contributed by atoms with Gasteiger partial charge in [-0.3, -0.25) is 0 Å². The Hall–Kier alpha value is 0.300. The molecule has 17 heavy (non-hydrogen) atoms. The first-order chi connectivity index (χ1) is 7.78. The fraction of sp³-hybridized carbons (Fsp3) is 0.538. The minimum absolute atomic E-state index is 0.151. The van der Waals surface area contributed by atoms with Gasteiger partial charge in [-0.05, 0) is 24.1 Å². The summed E-state index contributed by atoms with van der Waals surface area (Å²) in [6.07, 6.45) is 0.829. The van der Waals surface area contributed by atoms with E-state index < -0.39 is 0 Å². The van der Waals surface area contributed by atoms with Crippen LogP contribution in [0.2, 0.25) is 5.02 Å². The van der Waals surface area contributed by atoms with Gasteiger partial charge in [0.2, 0.25) is 0 Å². The number of hydrogen-bond donors (Lipinski definition) is 1. The minimum atomic E-state index is 0.151. The van der Waals surface area contributed by atoms with E-state index in [2.05, 4.69) is 36.7 Å². The van der Waals surface area contributed by atoms with Gasteiger partial charge < -0.3 is 5.73 Å². The Morgan fingerprint density at radius 3 is 2.59 bits per heavy atom. The van der Waals surface area contributed by atoms with Gasteiger partial charge in [0, 0.05) is 26.0 Å². The second-order valence-corrected chi connectivity index (χ2v) is 8.29. The molecule has 2 N–H and O–H groups in total. The van der Waals surface area contributed by atoms with Crippen LogP contribution in [0.5, 0.6) is 0 Å². The van der Waals surface area contributed by atoms with Crippen LogP contribution in [0.1, 0.15) is 26.3 Å². The molecule has 1 aromatic carbocycles. The van der Waals surface area contributed by atoms with Gasteiger partial charge in [-0.15, -0.1) is 0 Å². The molecule has 0 radical (unpaired) electrons. The van der Waals surface area contributed by atoms with Crippen molar-refractivity contribution in [3.63, 3.8) is 0 Å². The maximum atomic E-state index is 6.17. The molecule has 0 bridgehead atoms. The summed E-state index contributed by atoms with van der Waals surface area (Å²) in [4.78, 5) is 0. The summed E-state index contributed by atoms with van der Waals surface area (Å²) in [5.41, 5.74) is 7.25. The molecule has 0 spiro atoms. The number of thioether (sulfide) groups is 1. The molecule has 0 aliphatic heterocycles. The van der Waals surface area contributed by atoms with Gasteiger partial charge in [0.25, 0.3) is 0 Å². The first kappa shape index (κ1) is 15.4. The van der Waals surface area contributed by atoms with Crippen LogP contribution in [0.15, 0.2) is 22.7 Å². The molecule has 0 amide bonds. The molecule has 0 saturated carbocycles. The van der Waals surface area contributed by atoms with Gasteiger partial charge in [0.15, 0.2) is 0 Å². The highest BCUT2D eigenvalue weighted by molar-refractivity contribution is 9.10. The highest BCUT2D eigenvalue weighted by Gasteiger charge is 2.14. The Kier molecular flexibility index (Phi) is 5.84. The normalized spacial score (nSPS) is 13.8. The lowest BCUT2D eigenvalue weighted by atomic mass is 10.1. The highest BCUT2D eigenvalue weighted by atomic mass is 79.9. The van der Waals surface area contributed by atoms with Crippen molar-refractivity contribution in [3.8, 4) is 0 Å². The van der Waals surface area contributed by atoms with E-state index in [0.717, 1.165) is 27.2 Å². The standard InChI is InChI=1S/C13H19BrClNS/c1-13(2,3)17-8-11(16)6-9-4-5-10(14)7-12(9)15/h4-5,7,11H,6,8,16H2,1-3H3. The third kappa shape index (κ3) is 6.14. The zero-order chi connectivity index (χ0) is 13.1. The second-order valence-electron chi connectivity index (χ2n) is 5.12. The van der Waals surface area contributed by atoms with Gasteiger partial charge in [0.1, 0.15) is 0 Å². The van der Waals surface area contributed by atoms with E-state index in [9.17, 15) is 0 Å². The van der Waals surface area contributed by atoms with Crippen molar-refractivity contribution in [1.82, 2.24) is 0 Å². The fourth-order valence-electron chi connectivity index (χ4n) is 1.39. The molecule has 0 fully saturated rings. The van der Waals surface area contributed by atoms with Crippen molar-refractivity contribution in [2.45, 2.75) is 38.0 Å². The van der Waals surface area contributed by atoms with Gasteiger partial charge >= 0.3 is 0 Å². The lowest BCUT2D eigenvalue weighted by Crippen LogP contribution is -2.28. The number of benzene rings is 1. The summed E-state index contributed by atoms with van der Waals surface area (Å²) < 4.78 is 1.27. The Bertz CT molecular complexity index is 376. The topological polar surface area (TPSA) is 26.0 Å². The molecule has 1 rings (SSSR count). The van der Waals surface area contributed by atoms with Crippen molar-refractivity contribution < 1.29 is 0 Å². The average molecular weight is 337 g/mol. The molecule has 0 aliphatic rings. The lowest BCUT2D eigenvalue weighted by Gasteiger charge is -2.20. The molecular formula is C13H19BrClNS. The Balaban J connectivity index is 2.53. The van der Waals surface area contributed by atoms with E-state index in [0.29, 0.717) is 0 Å². The van der Waals surface area contributed by atoms with Gasteiger partial charge in [-0.1, -0.05) is 54.4 Å². The van der Waals surface area contributed by atoms with E-state index in [4.69, 9.17) is 17.3 Å². The van der Waals surface area contributed by atoms with Crippen LogP contribution >= 0.6 is 39.3 Å². The molecule has 0 aliphatic carbocycles. The predicted molar refractivity (Wildman–Crippen MR) is 83.0 cm³/mol. The summed E-state index contributed by atoms with van der Waals surface area (Å²) >= 11 is 11.5. The first-order valence-electron chi connectivity index (χ1n) is 5.61. The summed E-state index contributed by atoms with van der Waals surface area (Å²) in [7, 11) is 0. The average Bonchev–Trinajstić information content (AvgIpc) is 2.18. The molecule has 1 nitrogen and oxygen atoms in total. The largest absolute Gasteiger partial charge is 0.327 e. The molecule has 1 aromatic rings. The summed E-state index contributed by atoms with van der Waals surface area (Å²) in [6, 6.07) is 6.11. The Labute approximate surface area is 122 Å². The number of nitrogens with two attached hydrogens (primary N) is 1. The molecule has 1 unspecified atom stereocenters.